The highest BCUT2D eigenvalue weighted by molar-refractivity contribution is 7.13. The fourth-order valence-electron chi connectivity index (χ4n) is 3.79. The molecule has 0 bridgehead atoms. The third-order valence-corrected chi connectivity index (χ3v) is 6.40. The van der Waals surface area contributed by atoms with Crippen LogP contribution in [0.15, 0.2) is 72.2 Å². The van der Waals surface area contributed by atoms with Gasteiger partial charge in [-0.25, -0.2) is 4.98 Å². The SMILES string of the molecule is CCC1Oc2ccc(-c3csc(-c4ccccn4)n3)cc2N(Cc2ccc(C#N)cc2)C1=O. The number of aromatic nitrogens is 2. The number of hydrogen-bond acceptors (Lipinski definition) is 6. The molecule has 4 aromatic rings. The molecule has 7 heteroatoms. The van der Waals surface area contributed by atoms with E-state index in [9.17, 15) is 4.79 Å². The van der Waals surface area contributed by atoms with Crippen LogP contribution in [0.25, 0.3) is 22.0 Å². The van der Waals surface area contributed by atoms with E-state index < -0.39 is 6.10 Å². The first-order chi connectivity index (χ1) is 16.2. The molecule has 0 aliphatic carbocycles. The zero-order chi connectivity index (χ0) is 22.8. The Morgan fingerprint density at radius 2 is 1.97 bits per heavy atom. The predicted molar refractivity (Wildman–Crippen MR) is 128 cm³/mol. The molecule has 2 aromatic carbocycles. The largest absolute Gasteiger partial charge is 0.478 e. The molecule has 1 atom stereocenters. The third kappa shape index (κ3) is 4.09. The molecule has 0 saturated heterocycles. The molecule has 0 fully saturated rings. The molecule has 1 unspecified atom stereocenters. The topological polar surface area (TPSA) is 79.1 Å². The lowest BCUT2D eigenvalue weighted by atomic mass is 10.1. The fraction of sp³-hybridized carbons (Fsp3) is 0.154. The summed E-state index contributed by atoms with van der Waals surface area (Å²) in [7, 11) is 0. The summed E-state index contributed by atoms with van der Waals surface area (Å²) in [6.45, 7) is 2.34. The van der Waals surface area contributed by atoms with Crippen molar-refractivity contribution in [2.45, 2.75) is 26.0 Å². The second-order valence-corrected chi connectivity index (χ2v) is 8.54. The number of benzene rings is 2. The Morgan fingerprint density at radius 3 is 2.70 bits per heavy atom. The molecule has 33 heavy (non-hydrogen) atoms. The van der Waals surface area contributed by atoms with Gasteiger partial charge in [0.15, 0.2) is 6.10 Å². The van der Waals surface area contributed by atoms with Crippen molar-refractivity contribution in [1.29, 1.82) is 5.26 Å². The van der Waals surface area contributed by atoms with E-state index in [1.54, 1.807) is 23.2 Å². The lowest BCUT2D eigenvalue weighted by Gasteiger charge is -2.34. The van der Waals surface area contributed by atoms with Crippen LogP contribution in [-0.2, 0) is 11.3 Å². The maximum Gasteiger partial charge on any atom is 0.268 e. The molecule has 5 rings (SSSR count). The number of ether oxygens (including phenoxy) is 1. The number of nitrogens with zero attached hydrogens (tertiary/aromatic N) is 4. The zero-order valence-electron chi connectivity index (χ0n) is 17.9. The van der Waals surface area contributed by atoms with Crippen LogP contribution < -0.4 is 9.64 Å². The van der Waals surface area contributed by atoms with Crippen LogP contribution in [0.2, 0.25) is 0 Å². The smallest absolute Gasteiger partial charge is 0.268 e. The Bertz CT molecular complexity index is 1340. The second kappa shape index (κ2) is 8.85. The van der Waals surface area contributed by atoms with E-state index in [0.717, 1.165) is 33.2 Å². The Morgan fingerprint density at radius 1 is 1.12 bits per heavy atom. The highest BCUT2D eigenvalue weighted by Crippen LogP contribution is 2.39. The highest BCUT2D eigenvalue weighted by Gasteiger charge is 2.33. The Kier molecular flexibility index (Phi) is 5.59. The number of rotatable bonds is 5. The van der Waals surface area contributed by atoms with Crippen LogP contribution in [0.3, 0.4) is 0 Å². The lowest BCUT2D eigenvalue weighted by Crippen LogP contribution is -2.45. The van der Waals surface area contributed by atoms with Gasteiger partial charge in [0.1, 0.15) is 10.8 Å². The summed E-state index contributed by atoms with van der Waals surface area (Å²) in [6, 6.07) is 21.0. The van der Waals surface area contributed by atoms with Crippen LogP contribution >= 0.6 is 11.3 Å². The van der Waals surface area contributed by atoms with Crippen molar-refractivity contribution >= 4 is 22.9 Å². The maximum atomic E-state index is 13.2. The van der Waals surface area contributed by atoms with Crippen molar-refractivity contribution in [1.82, 2.24) is 9.97 Å². The normalized spacial score (nSPS) is 15.0. The van der Waals surface area contributed by atoms with Gasteiger partial charge < -0.3 is 9.64 Å². The molecule has 0 spiro atoms. The summed E-state index contributed by atoms with van der Waals surface area (Å²) in [5.74, 6) is 0.609. The number of nitriles is 1. The molecular weight excluding hydrogens is 432 g/mol. The van der Waals surface area contributed by atoms with Crippen molar-refractivity contribution in [2.24, 2.45) is 0 Å². The van der Waals surface area contributed by atoms with Crippen molar-refractivity contribution in [3.8, 4) is 33.8 Å². The van der Waals surface area contributed by atoms with E-state index in [2.05, 4.69) is 11.1 Å². The van der Waals surface area contributed by atoms with Gasteiger partial charge in [0.25, 0.3) is 5.91 Å². The molecule has 6 nitrogen and oxygen atoms in total. The van der Waals surface area contributed by atoms with E-state index in [4.69, 9.17) is 15.0 Å². The Labute approximate surface area is 195 Å². The van der Waals surface area contributed by atoms with Crippen molar-refractivity contribution in [3.63, 3.8) is 0 Å². The van der Waals surface area contributed by atoms with E-state index in [-0.39, 0.29) is 5.91 Å². The number of carbonyl (C=O) groups excluding carboxylic acids is 1. The van der Waals surface area contributed by atoms with Crippen molar-refractivity contribution in [2.75, 3.05) is 4.90 Å². The first-order valence-corrected chi connectivity index (χ1v) is 11.5. The standard InChI is InChI=1S/C26H20N4O2S/c1-2-23-26(31)30(15-18-8-6-17(14-27)7-9-18)22-13-19(10-11-24(22)32-23)21-16-33-25(29-21)20-5-3-4-12-28-20/h3-13,16,23H,2,15H2,1H3. The predicted octanol–water partition coefficient (Wildman–Crippen LogP) is 5.45. The molecule has 2 aromatic heterocycles. The molecule has 0 radical (unpaired) electrons. The summed E-state index contributed by atoms with van der Waals surface area (Å²) in [5.41, 5.74) is 4.82. The number of anilines is 1. The van der Waals surface area contributed by atoms with Crippen molar-refractivity contribution in [3.05, 3.63) is 83.4 Å². The lowest BCUT2D eigenvalue weighted by molar-refractivity contribution is -0.126. The van der Waals surface area contributed by atoms with E-state index >= 15 is 0 Å². The van der Waals surface area contributed by atoms with Crippen LogP contribution in [-0.4, -0.2) is 22.0 Å². The van der Waals surface area contributed by atoms with E-state index in [0.29, 0.717) is 24.3 Å². The number of hydrogen-bond donors (Lipinski definition) is 0. The molecule has 1 aliphatic heterocycles. The van der Waals surface area contributed by atoms with Gasteiger partial charge in [-0.1, -0.05) is 25.1 Å². The summed E-state index contributed by atoms with van der Waals surface area (Å²) in [4.78, 5) is 24.1. The maximum absolute atomic E-state index is 13.2. The number of carbonyl (C=O) groups is 1. The first kappa shape index (κ1) is 20.9. The molecular formula is C26H20N4O2S. The first-order valence-electron chi connectivity index (χ1n) is 10.6. The highest BCUT2D eigenvalue weighted by atomic mass is 32.1. The summed E-state index contributed by atoms with van der Waals surface area (Å²) < 4.78 is 6.00. The third-order valence-electron chi connectivity index (χ3n) is 5.54. The van der Waals surface area contributed by atoms with Gasteiger partial charge in [-0.15, -0.1) is 11.3 Å². The number of thiazole rings is 1. The van der Waals surface area contributed by atoms with Gasteiger partial charge in [0, 0.05) is 17.1 Å². The summed E-state index contributed by atoms with van der Waals surface area (Å²) in [6.07, 6.45) is 1.82. The van der Waals surface area contributed by atoms with Gasteiger partial charge in [-0.05, 0) is 54.4 Å². The van der Waals surface area contributed by atoms with Crippen molar-refractivity contribution < 1.29 is 9.53 Å². The second-order valence-electron chi connectivity index (χ2n) is 7.68. The number of amides is 1. The van der Waals surface area contributed by atoms with Crippen LogP contribution in [0, 0.1) is 11.3 Å². The minimum absolute atomic E-state index is 0.0704. The average Bonchev–Trinajstić information content (AvgIpc) is 3.37. The van der Waals surface area contributed by atoms with Gasteiger partial charge in [-0.2, -0.15) is 5.26 Å². The molecule has 0 N–H and O–H groups in total. The van der Waals surface area contributed by atoms with Crippen LogP contribution in [0.5, 0.6) is 5.75 Å². The summed E-state index contributed by atoms with van der Waals surface area (Å²) in [5, 5.41) is 11.9. The van der Waals surface area contributed by atoms with Gasteiger partial charge in [-0.3, -0.25) is 9.78 Å². The quantitative estimate of drug-likeness (QED) is 0.402. The minimum atomic E-state index is -0.517. The number of fused-ring (bicyclic) bond motifs is 1. The molecule has 1 aliphatic rings. The Hall–Kier alpha value is -4.02. The van der Waals surface area contributed by atoms with E-state index in [1.165, 1.54) is 11.3 Å². The zero-order valence-corrected chi connectivity index (χ0v) is 18.7. The fourth-order valence-corrected chi connectivity index (χ4v) is 4.59. The Balaban J connectivity index is 1.51. The van der Waals surface area contributed by atoms with Crippen LogP contribution in [0.4, 0.5) is 5.69 Å². The van der Waals surface area contributed by atoms with Gasteiger partial charge >= 0.3 is 0 Å². The molecule has 3 heterocycles. The minimum Gasteiger partial charge on any atom is -0.478 e. The molecule has 162 valence electrons. The molecule has 0 saturated carbocycles. The van der Waals surface area contributed by atoms with E-state index in [1.807, 2.05) is 60.8 Å². The average molecular weight is 453 g/mol. The summed E-state index contributed by atoms with van der Waals surface area (Å²) >= 11 is 1.53. The monoisotopic (exact) mass is 452 g/mol. The van der Waals surface area contributed by atoms with Crippen LogP contribution in [0.1, 0.15) is 24.5 Å². The molecule has 1 amide bonds. The van der Waals surface area contributed by atoms with Gasteiger partial charge in [0.2, 0.25) is 0 Å². The number of pyridine rings is 1. The van der Waals surface area contributed by atoms with Gasteiger partial charge in [0.05, 0.1) is 35.3 Å².